The van der Waals surface area contributed by atoms with Crippen molar-refractivity contribution >= 4 is 28.7 Å². The number of aliphatic hydroxyl groups is 1. The van der Waals surface area contributed by atoms with Gasteiger partial charge in [0.2, 0.25) is 6.29 Å². The maximum atomic E-state index is 13.0. The van der Waals surface area contributed by atoms with Gasteiger partial charge in [-0.15, -0.1) is 0 Å². The number of allylic oxidation sites excluding steroid dienone is 2. The van der Waals surface area contributed by atoms with Crippen molar-refractivity contribution in [3.05, 3.63) is 69.1 Å². The quantitative estimate of drug-likeness (QED) is 0.184. The number of aliphatic hydroxyl groups excluding tert-OH is 1. The average Bonchev–Trinajstić information content (AvgIpc) is 2.94. The minimum absolute atomic E-state index is 0.0183. The van der Waals surface area contributed by atoms with Gasteiger partial charge in [-0.3, -0.25) is 4.79 Å². The number of carbonyl (C=O) groups is 2. The third kappa shape index (κ3) is 6.49. The summed E-state index contributed by atoms with van der Waals surface area (Å²) >= 11 is 0. The summed E-state index contributed by atoms with van der Waals surface area (Å²) in [4.78, 5) is 37.5. The number of rotatable bonds is 8. The van der Waals surface area contributed by atoms with E-state index >= 15 is 0 Å². The van der Waals surface area contributed by atoms with E-state index in [4.69, 9.17) is 29.1 Å². The van der Waals surface area contributed by atoms with E-state index in [1.54, 1.807) is 20.8 Å². The number of hydrogen-bond donors (Lipinski definition) is 5. The van der Waals surface area contributed by atoms with Crippen molar-refractivity contribution in [3.63, 3.8) is 0 Å². The Balaban J connectivity index is 1.63. The molecule has 13 nitrogen and oxygen atoms in total. The smallest absolute Gasteiger partial charge is 0.404 e. The molecule has 0 spiro atoms. The van der Waals surface area contributed by atoms with Gasteiger partial charge in [0.05, 0.1) is 11.0 Å². The number of carbonyl (C=O) groups excluding carboxylic acids is 2. The van der Waals surface area contributed by atoms with Crippen LogP contribution in [0.1, 0.15) is 49.2 Å². The monoisotopic (exact) mass is 612 g/mol. The number of aryl methyl sites for hydroxylation is 1. The van der Waals surface area contributed by atoms with Gasteiger partial charge in [-0.1, -0.05) is 11.6 Å². The molecule has 236 valence electrons. The van der Waals surface area contributed by atoms with Crippen LogP contribution in [0.3, 0.4) is 0 Å². The van der Waals surface area contributed by atoms with Crippen molar-refractivity contribution in [2.24, 2.45) is 5.73 Å². The predicted octanol–water partition coefficient (Wildman–Crippen LogP) is 3.63. The number of nitrogens with one attached hydrogen (secondary N) is 1. The molecule has 2 heterocycles. The highest BCUT2D eigenvalue weighted by Crippen LogP contribution is 2.38. The van der Waals surface area contributed by atoms with Gasteiger partial charge in [-0.2, -0.15) is 0 Å². The van der Waals surface area contributed by atoms with E-state index in [1.165, 1.54) is 37.4 Å². The lowest BCUT2D eigenvalue weighted by Crippen LogP contribution is -2.65. The topological polar surface area (TPSA) is 200 Å². The number of anilines is 1. The van der Waals surface area contributed by atoms with Crippen molar-refractivity contribution in [2.75, 3.05) is 12.4 Å². The lowest BCUT2D eigenvalue weighted by molar-refractivity contribution is -0.304. The van der Waals surface area contributed by atoms with Crippen LogP contribution < -0.4 is 21.4 Å². The molecule has 0 aliphatic carbocycles. The largest absolute Gasteiger partial charge is 0.508 e. The minimum Gasteiger partial charge on any atom is -0.508 e. The Kier molecular flexibility index (Phi) is 9.23. The van der Waals surface area contributed by atoms with Gasteiger partial charge in [0, 0.05) is 18.2 Å². The zero-order valence-corrected chi connectivity index (χ0v) is 25.2. The third-order valence-corrected chi connectivity index (χ3v) is 7.33. The molecular weight excluding hydrogens is 576 g/mol. The van der Waals surface area contributed by atoms with E-state index in [1.807, 2.05) is 19.9 Å². The number of aromatic hydroxyl groups is 2. The van der Waals surface area contributed by atoms with Crippen molar-refractivity contribution in [3.8, 4) is 17.2 Å². The van der Waals surface area contributed by atoms with Gasteiger partial charge in [0.15, 0.2) is 23.6 Å². The molecule has 6 N–H and O–H groups in total. The number of fused-ring (bicyclic) bond motifs is 1. The maximum absolute atomic E-state index is 13.0. The summed E-state index contributed by atoms with van der Waals surface area (Å²) < 4.78 is 27.9. The number of amides is 2. The fraction of sp³-hybridized carbons (Fsp3) is 0.387. The van der Waals surface area contributed by atoms with E-state index in [-0.39, 0.29) is 33.6 Å². The second-order valence-corrected chi connectivity index (χ2v) is 11.2. The summed E-state index contributed by atoms with van der Waals surface area (Å²) in [6.45, 7) is 8.69. The van der Waals surface area contributed by atoms with Crippen LogP contribution in [0.5, 0.6) is 17.2 Å². The molecule has 1 fully saturated rings. The van der Waals surface area contributed by atoms with Gasteiger partial charge < -0.3 is 49.7 Å². The lowest BCUT2D eigenvalue weighted by Gasteiger charge is -2.47. The van der Waals surface area contributed by atoms with Crippen LogP contribution in [0, 0.1) is 6.92 Å². The molecule has 1 saturated heterocycles. The van der Waals surface area contributed by atoms with E-state index < -0.39 is 59.3 Å². The zero-order chi connectivity index (χ0) is 32.5. The van der Waals surface area contributed by atoms with E-state index in [0.29, 0.717) is 12.0 Å². The summed E-state index contributed by atoms with van der Waals surface area (Å²) in [5.74, 6) is -1.09. The van der Waals surface area contributed by atoms with Crippen LogP contribution in [0.4, 0.5) is 10.5 Å². The molecule has 0 saturated carbocycles. The molecule has 1 aliphatic rings. The summed E-state index contributed by atoms with van der Waals surface area (Å²) in [6, 6.07) is 7.12. The van der Waals surface area contributed by atoms with Crippen LogP contribution in [-0.2, 0) is 20.6 Å². The number of nitrogens with two attached hydrogens (primary N) is 1. The second kappa shape index (κ2) is 12.6. The number of hydrogen-bond acceptors (Lipinski definition) is 11. The highest BCUT2D eigenvalue weighted by Gasteiger charge is 2.53. The Morgan fingerprint density at radius 2 is 1.86 bits per heavy atom. The van der Waals surface area contributed by atoms with Gasteiger partial charge >= 0.3 is 11.7 Å². The Labute approximate surface area is 252 Å². The fourth-order valence-electron chi connectivity index (χ4n) is 5.06. The van der Waals surface area contributed by atoms with Crippen molar-refractivity contribution in [1.29, 1.82) is 0 Å². The summed E-state index contributed by atoms with van der Waals surface area (Å²) in [6.07, 6.45) is -3.81. The SMILES string of the molecule is CO[C@@H]1[C@H](OC(N)=O)C(O)[C@H](Oc2ccc3c(O)c(NC(=O)c4ccc(O)c(CC=C(C)C)c4)c(=O)oc3c2C)OC1(C)C. The predicted molar refractivity (Wildman–Crippen MR) is 159 cm³/mol. The Morgan fingerprint density at radius 3 is 2.50 bits per heavy atom. The lowest BCUT2D eigenvalue weighted by atomic mass is 9.89. The van der Waals surface area contributed by atoms with Crippen molar-refractivity contribution in [2.45, 2.75) is 71.2 Å². The van der Waals surface area contributed by atoms with Gasteiger partial charge in [-0.05, 0) is 76.9 Å². The molecule has 13 heteroatoms. The van der Waals surface area contributed by atoms with Crippen LogP contribution in [-0.4, -0.2) is 64.6 Å². The molecule has 4 rings (SSSR count). The van der Waals surface area contributed by atoms with E-state index in [0.717, 1.165) is 5.57 Å². The highest BCUT2D eigenvalue weighted by molar-refractivity contribution is 6.06. The van der Waals surface area contributed by atoms with E-state index in [9.17, 15) is 29.7 Å². The first-order valence-corrected chi connectivity index (χ1v) is 13.7. The third-order valence-electron chi connectivity index (χ3n) is 7.33. The molecule has 0 bridgehead atoms. The minimum atomic E-state index is -1.52. The molecule has 0 radical (unpaired) electrons. The summed E-state index contributed by atoms with van der Waals surface area (Å²) in [5, 5.41) is 34.6. The number of ether oxygens (including phenoxy) is 4. The molecule has 1 aliphatic heterocycles. The van der Waals surface area contributed by atoms with Crippen molar-refractivity contribution in [1.82, 2.24) is 0 Å². The molecule has 1 aromatic heterocycles. The Bertz CT molecular complexity index is 1670. The van der Waals surface area contributed by atoms with Crippen LogP contribution in [0.2, 0.25) is 0 Å². The van der Waals surface area contributed by atoms with E-state index in [2.05, 4.69) is 5.32 Å². The highest BCUT2D eigenvalue weighted by atomic mass is 16.7. The van der Waals surface area contributed by atoms with Crippen molar-refractivity contribution < 1.29 is 48.3 Å². The second-order valence-electron chi connectivity index (χ2n) is 11.2. The Hall–Kier alpha value is -4.59. The first-order chi connectivity index (χ1) is 20.6. The standard InChI is InChI=1S/C31H36N2O11/c1-14(2)7-8-16-13-17(9-11-19(16)34)27(37)33-21-22(35)18-10-12-20(15(3)24(18)42-28(21)38)41-29-23(36)25(43-30(32)39)26(40-6)31(4,5)44-29/h7,9-13,23,25-26,29,34-36H,8H2,1-6H3,(H2,32,39)(H,33,37)/t23?,25-,26-,29-/m1/s1. The van der Waals surface area contributed by atoms with Crippen LogP contribution in [0.15, 0.2) is 51.2 Å². The first-order valence-electron chi connectivity index (χ1n) is 13.7. The number of primary amides is 1. The van der Waals surface area contributed by atoms with Crippen LogP contribution in [0.25, 0.3) is 11.0 Å². The summed E-state index contributed by atoms with van der Waals surface area (Å²) in [5.41, 5.74) is 4.54. The first kappa shape index (κ1) is 32.3. The summed E-state index contributed by atoms with van der Waals surface area (Å²) in [7, 11) is 1.37. The fourth-order valence-corrected chi connectivity index (χ4v) is 5.06. The molecule has 4 atom stereocenters. The van der Waals surface area contributed by atoms with Crippen LogP contribution >= 0.6 is 0 Å². The number of methoxy groups -OCH3 is 1. The zero-order valence-electron chi connectivity index (χ0n) is 25.2. The number of phenolic OH excluding ortho intramolecular Hbond substituents is 1. The normalized spacial score (nSPS) is 21.0. The van der Waals surface area contributed by atoms with Gasteiger partial charge in [0.1, 0.15) is 23.2 Å². The Morgan fingerprint density at radius 1 is 1.16 bits per heavy atom. The van der Waals surface area contributed by atoms with Gasteiger partial charge in [-0.25, -0.2) is 9.59 Å². The molecule has 3 aromatic rings. The number of benzene rings is 2. The van der Waals surface area contributed by atoms with Gasteiger partial charge in [0.25, 0.3) is 5.91 Å². The average molecular weight is 613 g/mol. The number of phenols is 1. The molecule has 2 aromatic carbocycles. The molecular formula is C31H36N2O11. The molecule has 1 unspecified atom stereocenters. The molecule has 2 amide bonds. The molecule has 44 heavy (non-hydrogen) atoms. The maximum Gasteiger partial charge on any atom is 0.404 e.